The molecule has 0 aliphatic carbocycles. The minimum Gasteiger partial charge on any atom is -0.450 e. The van der Waals surface area contributed by atoms with Crippen LogP contribution in [-0.2, 0) is 16.0 Å². The molecule has 8 heteroatoms. The van der Waals surface area contributed by atoms with Crippen molar-refractivity contribution < 1.29 is 14.3 Å². The molecule has 2 amide bonds. The number of carbonyl (C=O) groups is 2. The zero-order valence-corrected chi connectivity index (χ0v) is 15.4. The number of alkyl carbamates (subject to hydrolysis) is 1. The molecule has 3 N–H and O–H groups in total. The Kier molecular flexibility index (Phi) is 6.35. The number of nitrogens with one attached hydrogen (secondary N) is 3. The predicted octanol–water partition coefficient (Wildman–Crippen LogP) is 2.37. The van der Waals surface area contributed by atoms with Crippen molar-refractivity contribution in [3.8, 4) is 0 Å². The summed E-state index contributed by atoms with van der Waals surface area (Å²) in [6.45, 7) is 1.92. The third-order valence-corrected chi connectivity index (χ3v) is 4.08. The van der Waals surface area contributed by atoms with Gasteiger partial charge in [-0.1, -0.05) is 18.2 Å². The van der Waals surface area contributed by atoms with Crippen molar-refractivity contribution in [2.45, 2.75) is 19.4 Å². The van der Waals surface area contributed by atoms with Crippen LogP contribution in [0.1, 0.15) is 18.1 Å². The number of nitrogens with zero attached hydrogens (tertiary/aromatic N) is 2. The molecule has 1 atom stereocenters. The van der Waals surface area contributed by atoms with Crippen LogP contribution in [0.4, 0.5) is 4.79 Å². The monoisotopic (exact) mass is 379 g/mol. The molecule has 0 fully saturated rings. The van der Waals surface area contributed by atoms with Crippen molar-refractivity contribution in [2.75, 3.05) is 6.61 Å². The summed E-state index contributed by atoms with van der Waals surface area (Å²) in [6, 6.07) is 10.4. The molecule has 2 aromatic heterocycles. The van der Waals surface area contributed by atoms with E-state index in [-0.39, 0.29) is 6.61 Å². The lowest BCUT2D eigenvalue weighted by molar-refractivity contribution is -0.123. The summed E-state index contributed by atoms with van der Waals surface area (Å²) in [5.41, 5.74) is 5.13. The molecule has 0 saturated heterocycles. The molecule has 0 radical (unpaired) electrons. The molecule has 0 unspecified atom stereocenters. The molecule has 0 saturated carbocycles. The maximum absolute atomic E-state index is 12.6. The predicted molar refractivity (Wildman–Crippen MR) is 106 cm³/mol. The topological polar surface area (TPSA) is 108 Å². The van der Waals surface area contributed by atoms with Gasteiger partial charge >= 0.3 is 6.09 Å². The van der Waals surface area contributed by atoms with Crippen LogP contribution in [-0.4, -0.2) is 40.8 Å². The van der Waals surface area contributed by atoms with Gasteiger partial charge in [0.1, 0.15) is 6.04 Å². The number of fused-ring (bicyclic) bond motifs is 1. The van der Waals surface area contributed by atoms with Crippen LogP contribution < -0.4 is 10.7 Å². The first kappa shape index (κ1) is 19.1. The van der Waals surface area contributed by atoms with Crippen LogP contribution >= 0.6 is 0 Å². The Hall–Kier alpha value is -3.68. The van der Waals surface area contributed by atoms with Gasteiger partial charge in [0.05, 0.1) is 12.8 Å². The number of ether oxygens (including phenoxy) is 1. The Balaban J connectivity index is 1.73. The van der Waals surface area contributed by atoms with Crippen LogP contribution in [0.2, 0.25) is 0 Å². The van der Waals surface area contributed by atoms with E-state index in [0.29, 0.717) is 6.42 Å². The SMILES string of the molecule is CCOC(=O)N[C@H](Cc1c[nH]c2ccccc12)C(=O)N/N=C\c1ccncc1. The summed E-state index contributed by atoms with van der Waals surface area (Å²) in [4.78, 5) is 31.6. The van der Waals surface area contributed by atoms with Gasteiger partial charge in [-0.3, -0.25) is 9.78 Å². The highest BCUT2D eigenvalue weighted by Crippen LogP contribution is 2.19. The first-order valence-electron chi connectivity index (χ1n) is 8.88. The fourth-order valence-corrected chi connectivity index (χ4v) is 2.74. The lowest BCUT2D eigenvalue weighted by Crippen LogP contribution is -2.47. The van der Waals surface area contributed by atoms with Crippen LogP contribution in [0.5, 0.6) is 0 Å². The van der Waals surface area contributed by atoms with Crippen LogP contribution in [0.3, 0.4) is 0 Å². The van der Waals surface area contributed by atoms with E-state index >= 15 is 0 Å². The number of pyridine rings is 1. The van der Waals surface area contributed by atoms with E-state index in [1.165, 1.54) is 6.21 Å². The van der Waals surface area contributed by atoms with E-state index in [1.54, 1.807) is 31.5 Å². The maximum Gasteiger partial charge on any atom is 0.407 e. The zero-order chi connectivity index (χ0) is 19.8. The van der Waals surface area contributed by atoms with Crippen LogP contribution in [0.15, 0.2) is 60.1 Å². The van der Waals surface area contributed by atoms with E-state index in [0.717, 1.165) is 22.0 Å². The summed E-state index contributed by atoms with van der Waals surface area (Å²) < 4.78 is 4.92. The molecule has 0 aliphatic rings. The number of hydrogen-bond donors (Lipinski definition) is 3. The molecule has 28 heavy (non-hydrogen) atoms. The smallest absolute Gasteiger partial charge is 0.407 e. The quantitative estimate of drug-likeness (QED) is 0.432. The standard InChI is InChI=1S/C20H21N5O3/c1-2-28-20(27)24-18(11-15-13-22-17-6-4-3-5-16(15)17)19(26)25-23-12-14-7-9-21-10-8-14/h3-10,12-13,18,22H,2,11H2,1H3,(H,24,27)(H,25,26)/b23-12-/t18-/m1/s1. The number of H-pyrrole nitrogens is 1. The second-order valence-electron chi connectivity index (χ2n) is 6.00. The first-order valence-corrected chi connectivity index (χ1v) is 8.88. The molecular formula is C20H21N5O3. The molecule has 3 rings (SSSR count). The number of aromatic nitrogens is 2. The Morgan fingerprint density at radius 3 is 2.82 bits per heavy atom. The summed E-state index contributed by atoms with van der Waals surface area (Å²) in [5.74, 6) is -0.441. The van der Waals surface area contributed by atoms with E-state index in [1.807, 2.05) is 30.5 Å². The average Bonchev–Trinajstić information content (AvgIpc) is 3.11. The number of carbonyl (C=O) groups excluding carboxylic acids is 2. The van der Waals surface area contributed by atoms with Gasteiger partial charge in [0.2, 0.25) is 0 Å². The van der Waals surface area contributed by atoms with Gasteiger partial charge in [0.25, 0.3) is 5.91 Å². The highest BCUT2D eigenvalue weighted by Gasteiger charge is 2.23. The van der Waals surface area contributed by atoms with E-state index in [9.17, 15) is 9.59 Å². The van der Waals surface area contributed by atoms with Crippen molar-refractivity contribution in [1.82, 2.24) is 20.7 Å². The Bertz CT molecular complexity index is 968. The Labute approximate surface area is 162 Å². The average molecular weight is 379 g/mol. The van der Waals surface area contributed by atoms with Gasteiger partial charge in [0.15, 0.2) is 0 Å². The van der Waals surface area contributed by atoms with Crippen molar-refractivity contribution in [3.05, 3.63) is 66.1 Å². The molecule has 8 nitrogen and oxygen atoms in total. The van der Waals surface area contributed by atoms with Crippen molar-refractivity contribution in [1.29, 1.82) is 0 Å². The maximum atomic E-state index is 12.6. The lowest BCUT2D eigenvalue weighted by atomic mass is 10.0. The molecule has 0 spiro atoms. The third kappa shape index (κ3) is 4.94. The summed E-state index contributed by atoms with van der Waals surface area (Å²) >= 11 is 0. The van der Waals surface area contributed by atoms with E-state index in [4.69, 9.17) is 4.74 Å². The van der Waals surface area contributed by atoms with Crippen molar-refractivity contribution in [2.24, 2.45) is 5.10 Å². The van der Waals surface area contributed by atoms with E-state index < -0.39 is 18.0 Å². The number of rotatable bonds is 7. The van der Waals surface area contributed by atoms with Gasteiger partial charge in [-0.25, -0.2) is 10.2 Å². The van der Waals surface area contributed by atoms with Crippen LogP contribution in [0, 0.1) is 0 Å². The molecular weight excluding hydrogens is 358 g/mol. The molecule has 2 heterocycles. The van der Waals surface area contributed by atoms with Crippen LogP contribution in [0.25, 0.3) is 10.9 Å². The normalized spacial score (nSPS) is 12.0. The number of benzene rings is 1. The molecule has 3 aromatic rings. The minimum atomic E-state index is -0.840. The Morgan fingerprint density at radius 1 is 1.25 bits per heavy atom. The number of aromatic amines is 1. The number of hydrogen-bond acceptors (Lipinski definition) is 5. The number of hydrazone groups is 1. The van der Waals surface area contributed by atoms with Crippen molar-refractivity contribution >= 4 is 29.1 Å². The molecule has 0 aliphatic heterocycles. The molecule has 0 bridgehead atoms. The lowest BCUT2D eigenvalue weighted by Gasteiger charge is -2.16. The fraction of sp³-hybridized carbons (Fsp3) is 0.200. The highest BCUT2D eigenvalue weighted by molar-refractivity contribution is 5.89. The van der Waals surface area contributed by atoms with E-state index in [2.05, 4.69) is 25.8 Å². The summed E-state index contributed by atoms with van der Waals surface area (Å²) in [6.07, 6.45) is 6.24. The second kappa shape index (κ2) is 9.31. The largest absolute Gasteiger partial charge is 0.450 e. The van der Waals surface area contributed by atoms with Gasteiger partial charge in [-0.05, 0) is 36.2 Å². The molecule has 1 aromatic carbocycles. The van der Waals surface area contributed by atoms with Gasteiger partial charge in [0, 0.05) is 35.9 Å². The highest BCUT2D eigenvalue weighted by atomic mass is 16.5. The Morgan fingerprint density at radius 2 is 2.04 bits per heavy atom. The third-order valence-electron chi connectivity index (χ3n) is 4.08. The van der Waals surface area contributed by atoms with Gasteiger partial charge in [-0.2, -0.15) is 5.10 Å². The number of para-hydroxylation sites is 1. The minimum absolute atomic E-state index is 0.216. The first-order chi connectivity index (χ1) is 13.7. The summed E-state index contributed by atoms with van der Waals surface area (Å²) in [7, 11) is 0. The van der Waals surface area contributed by atoms with Gasteiger partial charge in [-0.15, -0.1) is 0 Å². The van der Waals surface area contributed by atoms with Crippen molar-refractivity contribution in [3.63, 3.8) is 0 Å². The number of amides is 2. The second-order valence-corrected chi connectivity index (χ2v) is 6.00. The zero-order valence-electron chi connectivity index (χ0n) is 15.4. The van der Waals surface area contributed by atoms with Gasteiger partial charge < -0.3 is 15.0 Å². The summed E-state index contributed by atoms with van der Waals surface area (Å²) in [5, 5.41) is 7.55. The fourth-order valence-electron chi connectivity index (χ4n) is 2.74. The molecule has 144 valence electrons.